The van der Waals surface area contributed by atoms with Crippen LogP contribution in [0.2, 0.25) is 19.6 Å². The average Bonchev–Trinajstić information content (AvgIpc) is 3.87. The van der Waals surface area contributed by atoms with Crippen LogP contribution in [0.3, 0.4) is 0 Å². The molecule has 0 N–H and O–H groups in total. The summed E-state index contributed by atoms with van der Waals surface area (Å²) in [4.78, 5) is 19.0. The molecular weight excluding hydrogens is 979 g/mol. The van der Waals surface area contributed by atoms with Crippen LogP contribution in [-0.2, 0) is 26.5 Å². The maximum atomic E-state index is 5.99. The fraction of sp³-hybridized carbons (Fsp3) is 0.321. The Hall–Kier alpha value is -5.27. The second-order valence-corrected chi connectivity index (χ2v) is 24.7. The van der Waals surface area contributed by atoms with E-state index in [9.17, 15) is 0 Å². The van der Waals surface area contributed by atoms with Gasteiger partial charge in [-0.1, -0.05) is 125 Å². The van der Waals surface area contributed by atoms with Crippen molar-refractivity contribution >= 4 is 57.1 Å². The number of para-hydroxylation sites is 1. The molecule has 3 aliphatic rings. The fourth-order valence-electron chi connectivity index (χ4n) is 10.7. The molecule has 0 spiro atoms. The van der Waals surface area contributed by atoms with Crippen molar-refractivity contribution in [1.29, 1.82) is 0 Å². The molecule has 2 bridgehead atoms. The number of aromatic nitrogens is 5. The SMILES string of the molecule is CC(C)c1cc2ccccc2c(C(C)C)c1-n1c(-c2[c-]c3c(nc2)oc2ccccc23)nc2cnccc21.C[Si](C)(C)c1cnc(-c2[c-]cccc2)cc1CC1CC2CCC1CC2.[Ir]. The molecule has 3 saturated carbocycles. The molecule has 4 aromatic carbocycles. The van der Waals surface area contributed by atoms with Crippen molar-refractivity contribution in [2.75, 3.05) is 0 Å². The third kappa shape index (κ3) is 8.30. The van der Waals surface area contributed by atoms with Crippen molar-refractivity contribution in [1.82, 2.24) is 24.5 Å². The van der Waals surface area contributed by atoms with Gasteiger partial charge in [0.2, 0.25) is 0 Å². The fourth-order valence-corrected chi connectivity index (χ4v) is 12.3. The van der Waals surface area contributed by atoms with Crippen molar-refractivity contribution in [2.45, 2.75) is 97.7 Å². The Morgan fingerprint density at radius 2 is 1.56 bits per heavy atom. The first-order valence-electron chi connectivity index (χ1n) is 23.1. The van der Waals surface area contributed by atoms with Crippen molar-refractivity contribution in [3.63, 3.8) is 0 Å². The van der Waals surface area contributed by atoms with Crippen LogP contribution in [0.5, 0.6) is 0 Å². The van der Waals surface area contributed by atoms with E-state index in [1.807, 2.05) is 55.0 Å². The summed E-state index contributed by atoms with van der Waals surface area (Å²) in [5.41, 5.74) is 11.6. The van der Waals surface area contributed by atoms with E-state index in [1.165, 1.54) is 66.1 Å². The molecular formula is C56H57IrN5OSi-2. The number of pyridine rings is 3. The summed E-state index contributed by atoms with van der Waals surface area (Å²) in [5.74, 6) is 4.28. The number of nitrogens with zero attached hydrogens (tertiary/aromatic N) is 5. The summed E-state index contributed by atoms with van der Waals surface area (Å²) in [6, 6.07) is 38.6. The van der Waals surface area contributed by atoms with Crippen LogP contribution in [0.4, 0.5) is 0 Å². The van der Waals surface area contributed by atoms with E-state index in [1.54, 1.807) is 10.8 Å². The van der Waals surface area contributed by atoms with Gasteiger partial charge in [-0.3, -0.25) is 15.0 Å². The molecule has 1 atom stereocenters. The summed E-state index contributed by atoms with van der Waals surface area (Å²) in [5, 5.41) is 5.95. The summed E-state index contributed by atoms with van der Waals surface area (Å²) in [7, 11) is -1.38. The van der Waals surface area contributed by atoms with Crippen molar-refractivity contribution in [3.8, 4) is 28.3 Å². The van der Waals surface area contributed by atoms with E-state index >= 15 is 0 Å². The van der Waals surface area contributed by atoms with Gasteiger partial charge >= 0.3 is 0 Å². The van der Waals surface area contributed by atoms with Gasteiger partial charge in [-0.2, -0.15) is 0 Å². The zero-order valence-corrected chi connectivity index (χ0v) is 41.5. The van der Waals surface area contributed by atoms with Gasteiger partial charge < -0.3 is 14.0 Å². The van der Waals surface area contributed by atoms with Gasteiger partial charge in [0.1, 0.15) is 0 Å². The summed E-state index contributed by atoms with van der Waals surface area (Å²) < 4.78 is 8.29. The zero-order valence-electron chi connectivity index (χ0n) is 38.1. The van der Waals surface area contributed by atoms with Crippen LogP contribution < -0.4 is 5.19 Å². The molecule has 5 aromatic heterocycles. The van der Waals surface area contributed by atoms with Gasteiger partial charge in [-0.25, -0.2) is 0 Å². The zero-order chi connectivity index (χ0) is 43.4. The second-order valence-electron chi connectivity index (χ2n) is 19.7. The molecule has 5 heterocycles. The van der Waals surface area contributed by atoms with Crippen LogP contribution in [0.1, 0.15) is 88.3 Å². The Morgan fingerprint density at radius 3 is 2.28 bits per heavy atom. The minimum Gasteiger partial charge on any atom is -0.482 e. The van der Waals surface area contributed by atoms with Gasteiger partial charge in [0.15, 0.2) is 5.71 Å². The molecule has 64 heavy (non-hydrogen) atoms. The number of fused-ring (bicyclic) bond motifs is 8. The number of benzene rings is 4. The summed E-state index contributed by atoms with van der Waals surface area (Å²) in [6.07, 6.45) is 16.3. The van der Waals surface area contributed by atoms with E-state index in [-0.39, 0.29) is 20.1 Å². The molecule has 1 radical (unpaired) electrons. The normalized spacial score (nSPS) is 17.4. The number of furan rings is 1. The van der Waals surface area contributed by atoms with E-state index < -0.39 is 8.07 Å². The molecule has 3 fully saturated rings. The van der Waals surface area contributed by atoms with Crippen molar-refractivity contribution in [2.24, 2.45) is 17.8 Å². The summed E-state index contributed by atoms with van der Waals surface area (Å²) >= 11 is 0. The van der Waals surface area contributed by atoms with Crippen LogP contribution in [0, 0.1) is 29.9 Å². The second kappa shape index (κ2) is 18.0. The smallest absolute Gasteiger partial charge is 0.151 e. The Morgan fingerprint density at radius 1 is 0.797 bits per heavy atom. The third-order valence-corrected chi connectivity index (χ3v) is 15.9. The van der Waals surface area contributed by atoms with Crippen molar-refractivity contribution in [3.05, 3.63) is 145 Å². The molecule has 8 heteroatoms. The quantitative estimate of drug-likeness (QED) is 0.112. The first-order valence-corrected chi connectivity index (χ1v) is 26.6. The van der Waals surface area contributed by atoms with Crippen LogP contribution in [0.15, 0.2) is 120 Å². The molecule has 327 valence electrons. The van der Waals surface area contributed by atoms with E-state index in [2.05, 4.69) is 130 Å². The van der Waals surface area contributed by atoms with Gasteiger partial charge in [0.25, 0.3) is 0 Å². The molecule has 0 amide bonds. The van der Waals surface area contributed by atoms with E-state index in [0.717, 1.165) is 67.8 Å². The molecule has 3 aliphatic carbocycles. The average molecular weight is 1040 g/mol. The Balaban J connectivity index is 0.000000174. The van der Waals surface area contributed by atoms with Crippen LogP contribution >= 0.6 is 0 Å². The maximum absolute atomic E-state index is 5.99. The monoisotopic (exact) mass is 1040 g/mol. The Kier molecular flexibility index (Phi) is 12.3. The van der Waals surface area contributed by atoms with Gasteiger partial charge in [-0.05, 0) is 118 Å². The summed E-state index contributed by atoms with van der Waals surface area (Å²) in [6.45, 7) is 16.4. The maximum Gasteiger partial charge on any atom is 0.151 e. The van der Waals surface area contributed by atoms with Gasteiger partial charge in [-0.15, -0.1) is 42.0 Å². The van der Waals surface area contributed by atoms with Crippen molar-refractivity contribution < 1.29 is 24.5 Å². The first kappa shape index (κ1) is 44.0. The molecule has 12 rings (SSSR count). The first-order chi connectivity index (χ1) is 30.5. The minimum atomic E-state index is -1.38. The third-order valence-electron chi connectivity index (χ3n) is 13.8. The topological polar surface area (TPSA) is 69.6 Å². The number of hydrogen-bond acceptors (Lipinski definition) is 5. The number of hydrogen-bond donors (Lipinski definition) is 0. The largest absolute Gasteiger partial charge is 0.482 e. The minimum absolute atomic E-state index is 0. The Bertz CT molecular complexity index is 3100. The van der Waals surface area contributed by atoms with E-state index in [4.69, 9.17) is 19.4 Å². The molecule has 0 aliphatic heterocycles. The molecule has 0 saturated heterocycles. The van der Waals surface area contributed by atoms with E-state index in [0.29, 0.717) is 17.5 Å². The van der Waals surface area contributed by atoms with Gasteiger partial charge in [0.05, 0.1) is 36.7 Å². The Labute approximate surface area is 392 Å². The molecule has 9 aromatic rings. The predicted octanol–water partition coefficient (Wildman–Crippen LogP) is 14.0. The van der Waals surface area contributed by atoms with Gasteiger partial charge in [0, 0.05) is 38.2 Å². The number of rotatable bonds is 8. The standard InChI is InChI=1S/C33H27N4O.C23H30NSi.Ir/c1-19(2)25-15-21-9-5-6-10-23(21)30(20(3)4)31(25)37-28-13-14-34-18-27(28)36-32(37)22-16-26-24-11-7-8-12-29(24)38-33(26)35-17-22;1-25(2,3)23-16-24-22(19-7-5-4-6-8-19)15-21(23)14-20-13-17-9-11-18(20)12-10-17;/h5-15,17-20H,1-4H3;4-7,15-18,20H,9-14H2,1-3H3;/q2*-1;. The van der Waals surface area contributed by atoms with Crippen LogP contribution in [0.25, 0.3) is 72.2 Å². The predicted molar refractivity (Wildman–Crippen MR) is 263 cm³/mol. The molecule has 1 unspecified atom stereocenters. The molecule has 6 nitrogen and oxygen atoms in total. The number of imidazole rings is 1. The van der Waals surface area contributed by atoms with Crippen LogP contribution in [-0.4, -0.2) is 32.6 Å².